The van der Waals surface area contributed by atoms with Gasteiger partial charge in [0, 0.05) is 5.38 Å². The molecule has 0 aliphatic rings. The van der Waals surface area contributed by atoms with Crippen molar-refractivity contribution >= 4 is 54.0 Å². The van der Waals surface area contributed by atoms with Crippen LogP contribution >= 0.6 is 22.7 Å². The number of nitrogens with zero attached hydrogens (tertiary/aromatic N) is 2. The second-order valence-electron chi connectivity index (χ2n) is 4.78. The van der Waals surface area contributed by atoms with Crippen molar-refractivity contribution in [3.8, 4) is 0 Å². The summed E-state index contributed by atoms with van der Waals surface area (Å²) in [5.41, 5.74) is 1.31. The lowest BCUT2D eigenvalue weighted by molar-refractivity contribution is -0.115. The van der Waals surface area contributed by atoms with Gasteiger partial charge < -0.3 is 5.32 Å². The van der Waals surface area contributed by atoms with Crippen LogP contribution in [0.3, 0.4) is 0 Å². The van der Waals surface area contributed by atoms with Gasteiger partial charge in [0.15, 0.2) is 5.13 Å². The molecule has 3 N–H and O–H groups in total. The molecule has 10 heteroatoms. The Balaban J connectivity index is 1.79. The van der Waals surface area contributed by atoms with Crippen LogP contribution in [0.25, 0.3) is 10.2 Å². The normalized spacial score (nSPS) is 11.7. The smallest absolute Gasteiger partial charge is 0.238 e. The van der Waals surface area contributed by atoms with E-state index in [-0.39, 0.29) is 17.2 Å². The number of carbonyl (C=O) groups is 1. The van der Waals surface area contributed by atoms with Crippen LogP contribution in [-0.2, 0) is 21.2 Å². The first kappa shape index (κ1) is 16.0. The molecule has 0 spiro atoms. The Labute approximate surface area is 140 Å². The Bertz CT molecular complexity index is 991. The third kappa shape index (κ3) is 3.72. The first-order valence-electron chi connectivity index (χ1n) is 6.45. The minimum Gasteiger partial charge on any atom is -0.302 e. The molecule has 0 aliphatic carbocycles. The Hall–Kier alpha value is -1.88. The highest BCUT2D eigenvalue weighted by atomic mass is 32.2. The van der Waals surface area contributed by atoms with Gasteiger partial charge in [-0.1, -0.05) is 11.3 Å². The number of rotatable bonds is 4. The molecular formula is C13H12N4O3S3. The van der Waals surface area contributed by atoms with E-state index >= 15 is 0 Å². The highest BCUT2D eigenvalue weighted by Crippen LogP contribution is 2.28. The molecule has 0 fully saturated rings. The molecule has 1 amide bonds. The van der Waals surface area contributed by atoms with Crippen LogP contribution in [-0.4, -0.2) is 24.3 Å². The largest absolute Gasteiger partial charge is 0.302 e. The first-order chi connectivity index (χ1) is 10.8. The minimum atomic E-state index is -3.76. The van der Waals surface area contributed by atoms with Gasteiger partial charge in [-0.05, 0) is 25.1 Å². The summed E-state index contributed by atoms with van der Waals surface area (Å²) in [6.45, 7) is 1.88. The third-order valence-corrected chi connectivity index (χ3v) is 5.61. The van der Waals surface area contributed by atoms with Gasteiger partial charge >= 0.3 is 0 Å². The molecule has 7 nitrogen and oxygen atoms in total. The monoisotopic (exact) mass is 368 g/mol. The van der Waals surface area contributed by atoms with Gasteiger partial charge in [0.25, 0.3) is 0 Å². The Morgan fingerprint density at radius 1 is 1.35 bits per heavy atom. The summed E-state index contributed by atoms with van der Waals surface area (Å²) in [4.78, 5) is 20.5. The zero-order valence-electron chi connectivity index (χ0n) is 11.9. The minimum absolute atomic E-state index is 0.0180. The molecule has 3 rings (SSSR count). The van der Waals surface area contributed by atoms with Crippen molar-refractivity contribution in [1.82, 2.24) is 9.97 Å². The van der Waals surface area contributed by atoms with Gasteiger partial charge in [-0.3, -0.25) is 4.79 Å². The predicted molar refractivity (Wildman–Crippen MR) is 90.2 cm³/mol. The molecule has 3 aromatic rings. The van der Waals surface area contributed by atoms with Crippen molar-refractivity contribution in [2.75, 3.05) is 5.32 Å². The molecule has 0 saturated heterocycles. The summed E-state index contributed by atoms with van der Waals surface area (Å²) in [7, 11) is -3.76. The van der Waals surface area contributed by atoms with Crippen LogP contribution in [0.2, 0.25) is 0 Å². The molecule has 1 aromatic carbocycles. The Morgan fingerprint density at radius 2 is 2.13 bits per heavy atom. The quantitative estimate of drug-likeness (QED) is 0.730. The molecule has 23 heavy (non-hydrogen) atoms. The number of nitrogens with one attached hydrogen (secondary N) is 1. The summed E-state index contributed by atoms with van der Waals surface area (Å²) in [6.07, 6.45) is 0.169. The van der Waals surface area contributed by atoms with E-state index in [0.29, 0.717) is 21.0 Å². The topological polar surface area (TPSA) is 115 Å². The molecular weight excluding hydrogens is 356 g/mol. The number of fused-ring (bicyclic) bond motifs is 1. The number of sulfonamides is 1. The molecule has 0 atom stereocenters. The lowest BCUT2D eigenvalue weighted by Crippen LogP contribution is -2.14. The number of carbonyl (C=O) groups excluding carboxylic acids is 1. The highest BCUT2D eigenvalue weighted by Gasteiger charge is 2.13. The molecule has 0 bridgehead atoms. The third-order valence-electron chi connectivity index (χ3n) is 2.94. The molecule has 0 saturated carbocycles. The highest BCUT2D eigenvalue weighted by molar-refractivity contribution is 7.89. The van der Waals surface area contributed by atoms with Crippen LogP contribution in [0.5, 0.6) is 0 Å². The maximum Gasteiger partial charge on any atom is 0.238 e. The number of aryl methyl sites for hydroxylation is 1. The van der Waals surface area contributed by atoms with Gasteiger partial charge in [-0.2, -0.15) is 0 Å². The number of benzene rings is 1. The molecule has 0 aliphatic heterocycles. The number of hydrogen-bond acceptors (Lipinski definition) is 7. The van der Waals surface area contributed by atoms with Crippen molar-refractivity contribution in [3.05, 3.63) is 34.3 Å². The van der Waals surface area contributed by atoms with E-state index in [1.165, 1.54) is 34.8 Å². The van der Waals surface area contributed by atoms with Gasteiger partial charge in [-0.25, -0.2) is 23.5 Å². The summed E-state index contributed by atoms with van der Waals surface area (Å²) >= 11 is 2.68. The number of amides is 1. The molecule has 2 heterocycles. The summed E-state index contributed by atoms with van der Waals surface area (Å²) < 4.78 is 23.3. The van der Waals surface area contributed by atoms with Crippen molar-refractivity contribution in [2.24, 2.45) is 5.14 Å². The number of thiazole rings is 2. The zero-order chi connectivity index (χ0) is 16.6. The molecule has 2 aromatic heterocycles. The van der Waals surface area contributed by atoms with Crippen molar-refractivity contribution < 1.29 is 13.2 Å². The number of nitrogens with two attached hydrogens (primary N) is 1. The van der Waals surface area contributed by atoms with E-state index in [1.54, 1.807) is 6.07 Å². The van der Waals surface area contributed by atoms with Gasteiger partial charge in [-0.15, -0.1) is 11.3 Å². The van der Waals surface area contributed by atoms with Crippen LogP contribution in [0.4, 0.5) is 5.13 Å². The average Bonchev–Trinajstić information content (AvgIpc) is 3.02. The summed E-state index contributed by atoms with van der Waals surface area (Å²) in [5.74, 6) is -0.221. The fraction of sp³-hybridized carbons (Fsp3) is 0.154. The first-order valence-corrected chi connectivity index (χ1v) is 9.70. The van der Waals surface area contributed by atoms with Crippen molar-refractivity contribution in [3.63, 3.8) is 0 Å². The maximum absolute atomic E-state index is 12.0. The molecule has 0 unspecified atom stereocenters. The Morgan fingerprint density at radius 3 is 2.78 bits per heavy atom. The number of aromatic nitrogens is 2. The van der Waals surface area contributed by atoms with E-state index in [9.17, 15) is 13.2 Å². The fourth-order valence-electron chi connectivity index (χ4n) is 1.95. The van der Waals surface area contributed by atoms with E-state index in [0.717, 1.165) is 5.01 Å². The second kappa shape index (κ2) is 5.96. The van der Waals surface area contributed by atoms with Crippen LogP contribution < -0.4 is 10.5 Å². The fourth-order valence-corrected chi connectivity index (χ4v) is 4.10. The van der Waals surface area contributed by atoms with Crippen LogP contribution in [0, 0.1) is 6.92 Å². The van der Waals surface area contributed by atoms with Gasteiger partial charge in [0.05, 0.1) is 32.2 Å². The molecule has 120 valence electrons. The second-order valence-corrected chi connectivity index (χ2v) is 8.43. The van der Waals surface area contributed by atoms with E-state index in [2.05, 4.69) is 15.3 Å². The lowest BCUT2D eigenvalue weighted by Gasteiger charge is -1.98. The molecule has 0 radical (unpaired) electrons. The SMILES string of the molecule is Cc1nc(CC(=O)Nc2nc3ccc(S(N)(=O)=O)cc3s2)cs1. The van der Waals surface area contributed by atoms with Crippen molar-refractivity contribution in [2.45, 2.75) is 18.2 Å². The lowest BCUT2D eigenvalue weighted by atomic mass is 10.3. The average molecular weight is 368 g/mol. The summed E-state index contributed by atoms with van der Waals surface area (Å²) in [5, 5.41) is 11.0. The van der Waals surface area contributed by atoms with E-state index in [4.69, 9.17) is 5.14 Å². The van der Waals surface area contributed by atoms with E-state index < -0.39 is 10.0 Å². The maximum atomic E-state index is 12.0. The van der Waals surface area contributed by atoms with Crippen molar-refractivity contribution in [1.29, 1.82) is 0 Å². The number of anilines is 1. The summed E-state index contributed by atoms with van der Waals surface area (Å²) in [6, 6.07) is 4.40. The van der Waals surface area contributed by atoms with Crippen LogP contribution in [0.1, 0.15) is 10.7 Å². The Kier molecular flexibility index (Phi) is 4.15. The van der Waals surface area contributed by atoms with Gasteiger partial charge in [0.1, 0.15) is 0 Å². The van der Waals surface area contributed by atoms with Crippen LogP contribution in [0.15, 0.2) is 28.5 Å². The van der Waals surface area contributed by atoms with E-state index in [1.807, 2.05) is 12.3 Å². The zero-order valence-corrected chi connectivity index (χ0v) is 14.4. The number of hydrogen-bond donors (Lipinski definition) is 2. The van der Waals surface area contributed by atoms with Gasteiger partial charge in [0.2, 0.25) is 15.9 Å². The number of primary sulfonamides is 1. The predicted octanol–water partition coefficient (Wildman–Crippen LogP) is 1.89. The standard InChI is InChI=1S/C13H12N4O3S3/c1-7-15-8(6-21-7)4-12(18)17-13-16-10-3-2-9(23(14,19)20)5-11(10)22-13/h2-3,5-6H,4H2,1H3,(H2,14,19,20)(H,16,17,18).